The average molecular weight is 241 g/mol. The molecule has 0 spiro atoms. The van der Waals surface area contributed by atoms with Crippen molar-refractivity contribution in [2.75, 3.05) is 12.3 Å². The standard InChI is InChI=1S/C8H9BrN4/c9-8(4-12-13-5-8)6-1-2-11-7(10)3-6/h1-4,13H,5H2,(H2,10,11). The van der Waals surface area contributed by atoms with Gasteiger partial charge in [-0.3, -0.25) is 0 Å². The molecule has 5 heteroatoms. The van der Waals surface area contributed by atoms with E-state index in [-0.39, 0.29) is 4.32 Å². The SMILES string of the molecule is Nc1cc(C2(Br)C=NNC2)ccn1. The summed E-state index contributed by atoms with van der Waals surface area (Å²) in [6, 6.07) is 3.76. The van der Waals surface area contributed by atoms with Crippen molar-refractivity contribution in [1.29, 1.82) is 0 Å². The normalized spacial score (nSPS) is 25.9. The number of aromatic nitrogens is 1. The predicted molar refractivity (Wildman–Crippen MR) is 55.7 cm³/mol. The molecule has 1 aromatic heterocycles. The molecule has 1 unspecified atom stereocenters. The fraction of sp³-hybridized carbons (Fsp3) is 0.250. The molecule has 1 atom stereocenters. The van der Waals surface area contributed by atoms with Crippen LogP contribution >= 0.6 is 15.9 Å². The van der Waals surface area contributed by atoms with E-state index in [0.717, 1.165) is 12.1 Å². The molecule has 2 rings (SSSR count). The Labute approximate surface area is 84.4 Å². The first-order valence-electron chi connectivity index (χ1n) is 3.89. The summed E-state index contributed by atoms with van der Waals surface area (Å²) in [5.74, 6) is 0.525. The first kappa shape index (κ1) is 8.50. The fourth-order valence-corrected chi connectivity index (χ4v) is 1.71. The highest BCUT2D eigenvalue weighted by Gasteiger charge is 2.30. The van der Waals surface area contributed by atoms with Crippen molar-refractivity contribution in [2.45, 2.75) is 4.32 Å². The van der Waals surface area contributed by atoms with Gasteiger partial charge in [0.25, 0.3) is 0 Å². The van der Waals surface area contributed by atoms with Crippen LogP contribution in [0.15, 0.2) is 23.4 Å². The molecular weight excluding hydrogens is 232 g/mol. The van der Waals surface area contributed by atoms with Crippen LogP contribution in [-0.2, 0) is 4.32 Å². The number of hydrogen-bond acceptors (Lipinski definition) is 4. The number of nitrogen functional groups attached to an aromatic ring is 1. The maximum Gasteiger partial charge on any atom is 0.123 e. The van der Waals surface area contributed by atoms with E-state index in [1.807, 2.05) is 18.3 Å². The van der Waals surface area contributed by atoms with Crippen LogP contribution in [0.2, 0.25) is 0 Å². The van der Waals surface area contributed by atoms with E-state index in [4.69, 9.17) is 5.73 Å². The van der Waals surface area contributed by atoms with Gasteiger partial charge in [0.15, 0.2) is 0 Å². The van der Waals surface area contributed by atoms with E-state index in [1.54, 1.807) is 6.20 Å². The second-order valence-electron chi connectivity index (χ2n) is 2.92. The molecule has 3 N–H and O–H groups in total. The highest BCUT2D eigenvalue weighted by Crippen LogP contribution is 2.31. The van der Waals surface area contributed by atoms with E-state index >= 15 is 0 Å². The van der Waals surface area contributed by atoms with Crippen molar-refractivity contribution in [3.05, 3.63) is 23.9 Å². The zero-order valence-corrected chi connectivity index (χ0v) is 8.45. The fourth-order valence-electron chi connectivity index (χ4n) is 1.24. The molecule has 1 aliphatic rings. The Balaban J connectivity index is 2.39. The molecule has 0 saturated heterocycles. The maximum atomic E-state index is 5.59. The highest BCUT2D eigenvalue weighted by atomic mass is 79.9. The Kier molecular flexibility index (Phi) is 1.95. The lowest BCUT2D eigenvalue weighted by Gasteiger charge is -2.17. The monoisotopic (exact) mass is 240 g/mol. The van der Waals surface area contributed by atoms with E-state index in [0.29, 0.717) is 5.82 Å². The Morgan fingerprint density at radius 3 is 3.08 bits per heavy atom. The minimum absolute atomic E-state index is 0.232. The Bertz CT molecular complexity index is 352. The van der Waals surface area contributed by atoms with Crippen LogP contribution in [0.25, 0.3) is 0 Å². The number of hydrazone groups is 1. The quantitative estimate of drug-likeness (QED) is 0.716. The highest BCUT2D eigenvalue weighted by molar-refractivity contribution is 9.10. The second kappa shape index (κ2) is 2.99. The summed E-state index contributed by atoms with van der Waals surface area (Å²) in [5, 5.41) is 3.96. The number of pyridine rings is 1. The van der Waals surface area contributed by atoms with Crippen molar-refractivity contribution in [3.8, 4) is 0 Å². The van der Waals surface area contributed by atoms with Crippen molar-refractivity contribution in [1.82, 2.24) is 10.4 Å². The molecule has 0 saturated carbocycles. The molecule has 0 fully saturated rings. The molecule has 13 heavy (non-hydrogen) atoms. The van der Waals surface area contributed by atoms with Crippen LogP contribution in [0.3, 0.4) is 0 Å². The molecule has 0 aromatic carbocycles. The number of nitrogens with zero attached hydrogens (tertiary/aromatic N) is 2. The molecule has 68 valence electrons. The number of nitrogens with two attached hydrogens (primary N) is 1. The van der Waals surface area contributed by atoms with Crippen molar-refractivity contribution >= 4 is 28.0 Å². The molecule has 2 heterocycles. The molecule has 0 aliphatic carbocycles. The molecule has 0 amide bonds. The third-order valence-electron chi connectivity index (χ3n) is 1.96. The number of nitrogens with one attached hydrogen (secondary N) is 1. The Morgan fingerprint density at radius 1 is 1.62 bits per heavy atom. The van der Waals surface area contributed by atoms with Crippen LogP contribution in [-0.4, -0.2) is 17.7 Å². The number of halogens is 1. The average Bonchev–Trinajstić information content (AvgIpc) is 2.54. The van der Waals surface area contributed by atoms with Gasteiger partial charge in [0.2, 0.25) is 0 Å². The van der Waals surface area contributed by atoms with Crippen LogP contribution in [0.5, 0.6) is 0 Å². The van der Waals surface area contributed by atoms with Crippen LogP contribution in [0.4, 0.5) is 5.82 Å². The van der Waals surface area contributed by atoms with Crippen molar-refractivity contribution < 1.29 is 0 Å². The van der Waals surface area contributed by atoms with E-state index in [2.05, 4.69) is 31.4 Å². The van der Waals surface area contributed by atoms with Gasteiger partial charge in [0.05, 0.1) is 6.54 Å². The van der Waals surface area contributed by atoms with Crippen LogP contribution in [0.1, 0.15) is 5.56 Å². The van der Waals surface area contributed by atoms with Crippen molar-refractivity contribution in [3.63, 3.8) is 0 Å². The topological polar surface area (TPSA) is 63.3 Å². The number of alkyl halides is 1. The number of hydrogen-bond donors (Lipinski definition) is 2. The predicted octanol–water partition coefficient (Wildman–Crippen LogP) is 0.843. The van der Waals surface area contributed by atoms with Gasteiger partial charge >= 0.3 is 0 Å². The van der Waals surface area contributed by atoms with E-state index < -0.39 is 0 Å². The van der Waals surface area contributed by atoms with Gasteiger partial charge in [0, 0.05) is 12.4 Å². The summed E-state index contributed by atoms with van der Waals surface area (Å²) in [6.45, 7) is 0.733. The molecule has 1 aliphatic heterocycles. The maximum absolute atomic E-state index is 5.59. The second-order valence-corrected chi connectivity index (χ2v) is 4.34. The molecule has 0 radical (unpaired) electrons. The molecular formula is C8H9BrN4. The third kappa shape index (κ3) is 1.51. The van der Waals surface area contributed by atoms with Gasteiger partial charge in [-0.05, 0) is 17.7 Å². The van der Waals surface area contributed by atoms with Gasteiger partial charge in [-0.1, -0.05) is 15.9 Å². The first-order chi connectivity index (χ1) is 6.21. The summed E-state index contributed by atoms with van der Waals surface area (Å²) in [7, 11) is 0. The molecule has 0 bridgehead atoms. The summed E-state index contributed by atoms with van der Waals surface area (Å²) in [5.41, 5.74) is 9.54. The Hall–Kier alpha value is -1.10. The largest absolute Gasteiger partial charge is 0.384 e. The van der Waals surface area contributed by atoms with Crippen LogP contribution < -0.4 is 11.2 Å². The van der Waals surface area contributed by atoms with E-state index in [1.165, 1.54) is 0 Å². The van der Waals surface area contributed by atoms with Gasteiger partial charge in [0.1, 0.15) is 10.1 Å². The summed E-state index contributed by atoms with van der Waals surface area (Å²) in [4.78, 5) is 3.93. The van der Waals surface area contributed by atoms with E-state index in [9.17, 15) is 0 Å². The van der Waals surface area contributed by atoms with Crippen LogP contribution in [0, 0.1) is 0 Å². The minimum Gasteiger partial charge on any atom is -0.384 e. The summed E-state index contributed by atoms with van der Waals surface area (Å²) < 4.78 is -0.232. The lowest BCUT2D eigenvalue weighted by molar-refractivity contribution is 0.740. The first-order valence-corrected chi connectivity index (χ1v) is 4.68. The van der Waals surface area contributed by atoms with Crippen molar-refractivity contribution in [2.24, 2.45) is 5.10 Å². The third-order valence-corrected chi connectivity index (χ3v) is 2.90. The molecule has 1 aromatic rings. The minimum atomic E-state index is -0.232. The van der Waals surface area contributed by atoms with Gasteiger partial charge in [-0.2, -0.15) is 5.10 Å². The number of anilines is 1. The van der Waals surface area contributed by atoms with Gasteiger partial charge < -0.3 is 11.2 Å². The summed E-state index contributed by atoms with van der Waals surface area (Å²) in [6.07, 6.45) is 3.52. The number of rotatable bonds is 1. The van der Waals surface area contributed by atoms with Gasteiger partial charge in [-0.15, -0.1) is 0 Å². The Morgan fingerprint density at radius 2 is 2.46 bits per heavy atom. The molecule has 4 nitrogen and oxygen atoms in total. The van der Waals surface area contributed by atoms with Gasteiger partial charge in [-0.25, -0.2) is 4.98 Å². The lowest BCUT2D eigenvalue weighted by Crippen LogP contribution is -2.25. The zero-order chi connectivity index (χ0) is 9.31. The zero-order valence-electron chi connectivity index (χ0n) is 6.87. The lowest BCUT2D eigenvalue weighted by atomic mass is 10.0. The summed E-state index contributed by atoms with van der Waals surface area (Å²) >= 11 is 3.59. The smallest absolute Gasteiger partial charge is 0.123 e.